The van der Waals surface area contributed by atoms with Crippen LogP contribution in [0.4, 0.5) is 0 Å². The molecule has 1 aliphatic rings. The Bertz CT molecular complexity index is 291. The number of hydrogen-bond acceptors (Lipinski definition) is 4. The van der Waals surface area contributed by atoms with Gasteiger partial charge in [0.05, 0.1) is 13.2 Å². The highest BCUT2D eigenvalue weighted by molar-refractivity contribution is 6.66. The Morgan fingerprint density at radius 1 is 0.800 bits per heavy atom. The van der Waals surface area contributed by atoms with Crippen molar-refractivity contribution >= 4 is 8.56 Å². The number of hydrogen-bond donors (Lipinski definition) is 0. The van der Waals surface area contributed by atoms with E-state index >= 15 is 0 Å². The molecule has 0 bridgehead atoms. The molecular formula is C20H42O4Si. The van der Waals surface area contributed by atoms with Crippen LogP contribution in [0.25, 0.3) is 0 Å². The Labute approximate surface area is 157 Å². The molecular weight excluding hydrogens is 332 g/mol. The van der Waals surface area contributed by atoms with E-state index in [2.05, 4.69) is 20.4 Å². The molecule has 0 spiro atoms. The van der Waals surface area contributed by atoms with E-state index < -0.39 is 8.56 Å². The summed E-state index contributed by atoms with van der Waals surface area (Å²) in [5.74, 6) is 0. The number of ether oxygens (including phenoxy) is 2. The fourth-order valence-electron chi connectivity index (χ4n) is 3.24. The number of unbranched alkanes of at least 4 members (excludes halogenated alkanes) is 9. The summed E-state index contributed by atoms with van der Waals surface area (Å²) in [6.07, 6.45) is 13.8. The van der Waals surface area contributed by atoms with Crippen LogP contribution in [0.15, 0.2) is 0 Å². The molecule has 0 N–H and O–H groups in total. The lowest BCUT2D eigenvalue weighted by atomic mass is 10.1. The third kappa shape index (κ3) is 13.9. The van der Waals surface area contributed by atoms with E-state index in [1.165, 1.54) is 64.2 Å². The first-order valence-electron chi connectivity index (χ1n) is 10.7. The maximum atomic E-state index is 5.89. The van der Waals surface area contributed by atoms with Crippen LogP contribution in [0, 0.1) is 0 Å². The lowest BCUT2D eigenvalue weighted by molar-refractivity contribution is 0.113. The summed E-state index contributed by atoms with van der Waals surface area (Å²) in [6, 6.07) is 1.14. The lowest BCUT2D eigenvalue weighted by Crippen LogP contribution is -2.38. The van der Waals surface area contributed by atoms with Gasteiger partial charge in [-0.3, -0.25) is 0 Å². The Morgan fingerprint density at radius 2 is 1.28 bits per heavy atom. The summed E-state index contributed by atoms with van der Waals surface area (Å²) in [6.45, 7) is 10.5. The maximum absolute atomic E-state index is 5.89. The molecule has 25 heavy (non-hydrogen) atoms. The predicted molar refractivity (Wildman–Crippen MR) is 106 cm³/mol. The van der Waals surface area contributed by atoms with Crippen molar-refractivity contribution in [1.29, 1.82) is 0 Å². The van der Waals surface area contributed by atoms with Gasteiger partial charge in [-0.1, -0.05) is 57.8 Å². The average Bonchev–Trinajstić information content (AvgIpc) is 3.40. The van der Waals surface area contributed by atoms with Gasteiger partial charge in [-0.05, 0) is 32.9 Å². The zero-order chi connectivity index (χ0) is 18.2. The van der Waals surface area contributed by atoms with E-state index in [0.717, 1.165) is 39.1 Å². The van der Waals surface area contributed by atoms with Gasteiger partial charge in [0.15, 0.2) is 0 Å². The molecule has 0 saturated carbocycles. The molecule has 1 fully saturated rings. The van der Waals surface area contributed by atoms with E-state index in [9.17, 15) is 0 Å². The molecule has 0 aromatic carbocycles. The summed E-state index contributed by atoms with van der Waals surface area (Å²) < 4.78 is 22.5. The second-order valence-electron chi connectivity index (χ2n) is 7.32. The van der Waals surface area contributed by atoms with Gasteiger partial charge in [-0.15, -0.1) is 0 Å². The van der Waals surface area contributed by atoms with Crippen molar-refractivity contribution < 1.29 is 18.3 Å². The summed E-state index contributed by atoms with van der Waals surface area (Å²) in [5.41, 5.74) is 0. The first kappa shape index (κ1) is 23.1. The maximum Gasteiger partial charge on any atom is 0.334 e. The van der Waals surface area contributed by atoms with E-state index in [1.807, 2.05) is 0 Å². The van der Waals surface area contributed by atoms with Crippen LogP contribution in [0.1, 0.15) is 78.1 Å². The van der Waals surface area contributed by atoms with E-state index in [1.54, 1.807) is 0 Å². The molecule has 0 radical (unpaired) electrons. The molecule has 4 nitrogen and oxygen atoms in total. The van der Waals surface area contributed by atoms with Crippen LogP contribution in [-0.4, -0.2) is 47.7 Å². The third-order valence-electron chi connectivity index (χ3n) is 4.78. The van der Waals surface area contributed by atoms with Crippen molar-refractivity contribution in [2.24, 2.45) is 0 Å². The first-order chi connectivity index (χ1) is 12.2. The number of epoxide rings is 1. The zero-order valence-corrected chi connectivity index (χ0v) is 18.0. The first-order valence-corrected chi connectivity index (χ1v) is 13.2. The van der Waals surface area contributed by atoms with Gasteiger partial charge < -0.3 is 18.3 Å². The Balaban J connectivity index is 1.77. The molecule has 1 saturated heterocycles. The normalized spacial score (nSPS) is 17.2. The molecule has 1 atom stereocenters. The molecule has 1 rings (SSSR count). The molecule has 0 aliphatic carbocycles. The zero-order valence-electron chi connectivity index (χ0n) is 17.0. The van der Waals surface area contributed by atoms with Gasteiger partial charge in [-0.2, -0.15) is 0 Å². The summed E-state index contributed by atoms with van der Waals surface area (Å²) in [7, 11) is -1.87. The molecule has 0 amide bonds. The van der Waals surface area contributed by atoms with Gasteiger partial charge >= 0.3 is 8.56 Å². The van der Waals surface area contributed by atoms with Crippen LogP contribution < -0.4 is 0 Å². The average molecular weight is 375 g/mol. The van der Waals surface area contributed by atoms with E-state index in [0.29, 0.717) is 6.10 Å². The second kappa shape index (κ2) is 15.1. The largest absolute Gasteiger partial charge is 0.395 e. The molecule has 0 aromatic heterocycles. The van der Waals surface area contributed by atoms with E-state index in [-0.39, 0.29) is 0 Å². The molecule has 1 aliphatic heterocycles. The van der Waals surface area contributed by atoms with Crippen molar-refractivity contribution in [3.8, 4) is 0 Å². The quantitative estimate of drug-likeness (QED) is 0.171. The van der Waals surface area contributed by atoms with Gasteiger partial charge in [0.25, 0.3) is 0 Å². The fourth-order valence-corrected chi connectivity index (χ4v) is 5.73. The van der Waals surface area contributed by atoms with Crippen molar-refractivity contribution in [3.63, 3.8) is 0 Å². The highest BCUT2D eigenvalue weighted by Crippen LogP contribution is 2.19. The predicted octanol–water partition coefficient (Wildman–Crippen LogP) is 5.45. The highest BCUT2D eigenvalue weighted by Gasteiger charge is 2.29. The van der Waals surface area contributed by atoms with Crippen LogP contribution in [-0.2, 0) is 18.3 Å². The highest BCUT2D eigenvalue weighted by atomic mass is 28.4. The topological polar surface area (TPSA) is 40.2 Å². The standard InChI is InChI=1S/C20H42O4Si/c1-4-23-25(3,24-5-2)17-15-13-11-9-7-6-8-10-12-14-16-21-18-20-19-22-20/h20H,4-19H2,1-3H3. The molecule has 150 valence electrons. The lowest BCUT2D eigenvalue weighted by Gasteiger charge is -2.25. The van der Waals surface area contributed by atoms with Crippen LogP contribution in [0.3, 0.4) is 0 Å². The Kier molecular flexibility index (Phi) is 14.0. The van der Waals surface area contributed by atoms with Gasteiger partial charge in [0.1, 0.15) is 6.10 Å². The summed E-state index contributed by atoms with van der Waals surface area (Å²) in [5, 5.41) is 0. The van der Waals surface area contributed by atoms with Gasteiger partial charge in [-0.25, -0.2) is 0 Å². The Morgan fingerprint density at radius 3 is 1.76 bits per heavy atom. The summed E-state index contributed by atoms with van der Waals surface area (Å²) in [4.78, 5) is 0. The van der Waals surface area contributed by atoms with Crippen molar-refractivity contribution in [2.75, 3.05) is 33.0 Å². The van der Waals surface area contributed by atoms with Gasteiger partial charge in [0.2, 0.25) is 0 Å². The summed E-state index contributed by atoms with van der Waals surface area (Å²) >= 11 is 0. The molecule has 5 heteroatoms. The minimum absolute atomic E-state index is 0.412. The van der Waals surface area contributed by atoms with Crippen LogP contribution in [0.5, 0.6) is 0 Å². The Hall–Kier alpha value is 0.0569. The smallest absolute Gasteiger partial charge is 0.334 e. The van der Waals surface area contributed by atoms with Crippen LogP contribution >= 0.6 is 0 Å². The molecule has 1 heterocycles. The number of rotatable bonds is 19. The minimum atomic E-state index is -1.87. The monoisotopic (exact) mass is 374 g/mol. The van der Waals surface area contributed by atoms with Crippen molar-refractivity contribution in [2.45, 2.75) is 96.8 Å². The fraction of sp³-hybridized carbons (Fsp3) is 1.00. The van der Waals surface area contributed by atoms with E-state index in [4.69, 9.17) is 18.3 Å². The van der Waals surface area contributed by atoms with Crippen LogP contribution in [0.2, 0.25) is 12.6 Å². The van der Waals surface area contributed by atoms with Crippen molar-refractivity contribution in [1.82, 2.24) is 0 Å². The third-order valence-corrected chi connectivity index (χ3v) is 7.84. The molecule has 0 aromatic rings. The van der Waals surface area contributed by atoms with Gasteiger partial charge in [0, 0.05) is 19.8 Å². The minimum Gasteiger partial charge on any atom is -0.395 e. The SMILES string of the molecule is CCO[Si](C)(CCCCCCCCCCCCOCC1CO1)OCC. The molecule has 1 unspecified atom stereocenters. The van der Waals surface area contributed by atoms with Crippen molar-refractivity contribution in [3.05, 3.63) is 0 Å². The second-order valence-corrected chi connectivity index (χ2v) is 10.7.